The number of carbonyl (C=O) groups is 2. The Labute approximate surface area is 132 Å². The fourth-order valence-corrected chi connectivity index (χ4v) is 2.53. The fourth-order valence-electron chi connectivity index (χ4n) is 2.53. The maximum absolute atomic E-state index is 12.8. The third kappa shape index (κ3) is 2.79. The van der Waals surface area contributed by atoms with Crippen molar-refractivity contribution in [3.63, 3.8) is 0 Å². The number of carboxylic acids is 1. The zero-order chi connectivity index (χ0) is 16.4. The van der Waals surface area contributed by atoms with Crippen LogP contribution in [0.1, 0.15) is 26.3 Å². The van der Waals surface area contributed by atoms with E-state index in [1.54, 1.807) is 48.5 Å². The zero-order valence-electron chi connectivity index (χ0n) is 12.4. The smallest absolute Gasteiger partial charge is 0.335 e. The molecule has 0 atom stereocenters. The lowest BCUT2D eigenvalue weighted by Crippen LogP contribution is -2.05. The van der Waals surface area contributed by atoms with Gasteiger partial charge in [0.1, 0.15) is 5.75 Å². The van der Waals surface area contributed by atoms with Crippen molar-refractivity contribution in [1.29, 1.82) is 0 Å². The number of hydrogen-bond donors (Lipinski definition) is 1. The van der Waals surface area contributed by atoms with Crippen molar-refractivity contribution in [2.45, 2.75) is 0 Å². The molecule has 0 spiro atoms. The molecular formula is C19H14O4. The molecule has 0 bridgehead atoms. The van der Waals surface area contributed by atoms with Gasteiger partial charge in [-0.3, -0.25) is 4.79 Å². The molecule has 0 aromatic heterocycles. The third-order valence-electron chi connectivity index (χ3n) is 3.69. The molecule has 4 heteroatoms. The number of carboxylic acid groups (broad SMARTS) is 1. The second-order valence-corrected chi connectivity index (χ2v) is 5.11. The van der Waals surface area contributed by atoms with Crippen molar-refractivity contribution in [2.75, 3.05) is 7.11 Å². The summed E-state index contributed by atoms with van der Waals surface area (Å²) < 4.78 is 5.18. The minimum Gasteiger partial charge on any atom is -0.497 e. The fraction of sp³-hybridized carbons (Fsp3) is 0.0526. The van der Waals surface area contributed by atoms with Crippen molar-refractivity contribution in [3.8, 4) is 5.75 Å². The number of hydrogen-bond acceptors (Lipinski definition) is 3. The predicted molar refractivity (Wildman–Crippen MR) is 87.3 cm³/mol. The molecule has 0 saturated heterocycles. The Balaban J connectivity index is 2.26. The molecule has 114 valence electrons. The van der Waals surface area contributed by atoms with E-state index >= 15 is 0 Å². The molecule has 3 aromatic carbocycles. The predicted octanol–water partition coefficient (Wildman–Crippen LogP) is 3.78. The van der Waals surface area contributed by atoms with Gasteiger partial charge in [-0.05, 0) is 41.1 Å². The van der Waals surface area contributed by atoms with Gasteiger partial charge in [0.15, 0.2) is 5.78 Å². The monoisotopic (exact) mass is 306 g/mol. The Morgan fingerprint density at radius 3 is 2.30 bits per heavy atom. The molecule has 3 rings (SSSR count). The van der Waals surface area contributed by atoms with Gasteiger partial charge in [-0.1, -0.05) is 30.3 Å². The Hall–Kier alpha value is -3.14. The number of ketones is 1. The van der Waals surface area contributed by atoms with E-state index in [9.17, 15) is 14.7 Å². The van der Waals surface area contributed by atoms with Crippen molar-refractivity contribution < 1.29 is 19.4 Å². The molecule has 0 unspecified atom stereocenters. The average molecular weight is 306 g/mol. The maximum atomic E-state index is 12.8. The Kier molecular flexibility index (Phi) is 3.81. The summed E-state index contributed by atoms with van der Waals surface area (Å²) in [6.45, 7) is 0. The summed E-state index contributed by atoms with van der Waals surface area (Å²) in [6.07, 6.45) is 0. The van der Waals surface area contributed by atoms with Crippen molar-refractivity contribution >= 4 is 22.5 Å². The first-order valence-electron chi connectivity index (χ1n) is 7.05. The summed E-state index contributed by atoms with van der Waals surface area (Å²) in [6, 6.07) is 17.0. The van der Waals surface area contributed by atoms with Crippen molar-refractivity contribution in [3.05, 3.63) is 77.4 Å². The molecule has 4 nitrogen and oxygen atoms in total. The second-order valence-electron chi connectivity index (χ2n) is 5.11. The lowest BCUT2D eigenvalue weighted by Gasteiger charge is -2.09. The van der Waals surface area contributed by atoms with Gasteiger partial charge in [0.05, 0.1) is 12.7 Å². The topological polar surface area (TPSA) is 63.6 Å². The number of benzene rings is 3. The van der Waals surface area contributed by atoms with E-state index in [1.807, 2.05) is 6.07 Å². The summed E-state index contributed by atoms with van der Waals surface area (Å²) in [5.41, 5.74) is 0.964. The lowest BCUT2D eigenvalue weighted by molar-refractivity contribution is 0.0697. The summed E-state index contributed by atoms with van der Waals surface area (Å²) in [5, 5.41) is 10.7. The summed E-state index contributed by atoms with van der Waals surface area (Å²) in [4.78, 5) is 24.1. The highest BCUT2D eigenvalue weighted by Crippen LogP contribution is 2.27. The van der Waals surface area contributed by atoms with Crippen LogP contribution in [0, 0.1) is 0 Å². The largest absolute Gasteiger partial charge is 0.497 e. The van der Waals surface area contributed by atoms with Gasteiger partial charge in [0.25, 0.3) is 0 Å². The van der Waals surface area contributed by atoms with Crippen LogP contribution < -0.4 is 4.74 Å². The van der Waals surface area contributed by atoms with Crippen LogP contribution in [0.2, 0.25) is 0 Å². The Morgan fingerprint density at radius 1 is 0.913 bits per heavy atom. The quantitative estimate of drug-likeness (QED) is 0.745. The molecule has 0 saturated carbocycles. The van der Waals surface area contributed by atoms with Gasteiger partial charge < -0.3 is 9.84 Å². The number of ether oxygens (including phenoxy) is 1. The molecule has 0 aliphatic heterocycles. The summed E-state index contributed by atoms with van der Waals surface area (Å²) in [5.74, 6) is -0.668. The number of methoxy groups -OCH3 is 1. The number of rotatable bonds is 4. The van der Waals surface area contributed by atoms with Crippen LogP contribution in [0.25, 0.3) is 10.8 Å². The minimum absolute atomic E-state index is 0.0741. The van der Waals surface area contributed by atoms with Crippen LogP contribution >= 0.6 is 0 Å². The highest BCUT2D eigenvalue weighted by molar-refractivity contribution is 6.17. The molecular weight excluding hydrogens is 292 g/mol. The van der Waals surface area contributed by atoms with E-state index < -0.39 is 5.97 Å². The number of carbonyl (C=O) groups excluding carboxylic acids is 1. The SMILES string of the molecule is COc1ccc2c(C(=O)c3ccccc3)cc(C(=O)O)cc2c1. The molecule has 0 radical (unpaired) electrons. The standard InChI is InChI=1S/C19H14O4/c1-23-15-7-8-16-13(10-15)9-14(19(21)22)11-17(16)18(20)12-5-3-2-4-6-12/h2-11H,1H3,(H,21,22). The molecule has 0 amide bonds. The van der Waals surface area contributed by atoms with E-state index in [4.69, 9.17) is 4.74 Å². The van der Waals surface area contributed by atoms with Crippen molar-refractivity contribution in [1.82, 2.24) is 0 Å². The minimum atomic E-state index is -1.07. The first-order valence-corrected chi connectivity index (χ1v) is 7.05. The average Bonchev–Trinajstić information content (AvgIpc) is 2.60. The molecule has 23 heavy (non-hydrogen) atoms. The van der Waals surface area contributed by atoms with Gasteiger partial charge in [0, 0.05) is 11.1 Å². The van der Waals surface area contributed by atoms with Crippen LogP contribution in [-0.2, 0) is 0 Å². The first-order chi connectivity index (χ1) is 11.1. The van der Waals surface area contributed by atoms with Gasteiger partial charge >= 0.3 is 5.97 Å². The Bertz CT molecular complexity index is 898. The van der Waals surface area contributed by atoms with Gasteiger partial charge in [-0.15, -0.1) is 0 Å². The van der Waals surface area contributed by atoms with Gasteiger partial charge in [-0.2, -0.15) is 0 Å². The summed E-state index contributed by atoms with van der Waals surface area (Å²) >= 11 is 0. The molecule has 0 heterocycles. The summed E-state index contributed by atoms with van der Waals surface area (Å²) in [7, 11) is 1.54. The van der Waals surface area contributed by atoms with Crippen molar-refractivity contribution in [2.24, 2.45) is 0 Å². The molecule has 3 aromatic rings. The number of aromatic carboxylic acids is 1. The van der Waals surface area contributed by atoms with E-state index in [0.29, 0.717) is 27.6 Å². The number of fused-ring (bicyclic) bond motifs is 1. The van der Waals surface area contributed by atoms with Gasteiger partial charge in [-0.25, -0.2) is 4.79 Å². The molecule has 0 aliphatic carbocycles. The van der Waals surface area contributed by atoms with E-state index in [0.717, 1.165) is 0 Å². The van der Waals surface area contributed by atoms with Crippen LogP contribution in [-0.4, -0.2) is 24.0 Å². The highest BCUT2D eigenvalue weighted by atomic mass is 16.5. The van der Waals surface area contributed by atoms with Crippen LogP contribution in [0.5, 0.6) is 5.75 Å². The first kappa shape index (κ1) is 14.8. The van der Waals surface area contributed by atoms with E-state index in [1.165, 1.54) is 13.2 Å². The van der Waals surface area contributed by atoms with E-state index in [-0.39, 0.29) is 11.3 Å². The maximum Gasteiger partial charge on any atom is 0.335 e. The third-order valence-corrected chi connectivity index (χ3v) is 3.69. The Morgan fingerprint density at radius 2 is 1.65 bits per heavy atom. The van der Waals surface area contributed by atoms with Crippen LogP contribution in [0.3, 0.4) is 0 Å². The zero-order valence-corrected chi connectivity index (χ0v) is 12.4. The van der Waals surface area contributed by atoms with E-state index in [2.05, 4.69) is 0 Å². The molecule has 0 aliphatic rings. The second kappa shape index (κ2) is 5.93. The van der Waals surface area contributed by atoms with Crippen LogP contribution in [0.15, 0.2) is 60.7 Å². The normalized spacial score (nSPS) is 10.5. The van der Waals surface area contributed by atoms with Crippen LogP contribution in [0.4, 0.5) is 0 Å². The highest BCUT2D eigenvalue weighted by Gasteiger charge is 2.16. The van der Waals surface area contributed by atoms with Gasteiger partial charge in [0.2, 0.25) is 0 Å². The molecule has 1 N–H and O–H groups in total. The molecule has 0 fully saturated rings. The lowest BCUT2D eigenvalue weighted by atomic mass is 9.94.